The summed E-state index contributed by atoms with van der Waals surface area (Å²) in [6.45, 7) is 1.94. The summed E-state index contributed by atoms with van der Waals surface area (Å²) in [5.74, 6) is 0.400. The molecule has 2 aliphatic rings. The number of ether oxygens (including phenoxy) is 1. The number of aromatic nitrogens is 2. The Balaban J connectivity index is 1.75. The third-order valence-electron chi connectivity index (χ3n) is 4.12. The Bertz CT molecular complexity index is 497. The molecule has 1 aromatic rings. The quantitative estimate of drug-likeness (QED) is 0.859. The Hall–Kier alpha value is -0.680. The third kappa shape index (κ3) is 1.93. The van der Waals surface area contributed by atoms with E-state index >= 15 is 0 Å². The van der Waals surface area contributed by atoms with Crippen LogP contribution >= 0.6 is 15.9 Å². The Morgan fingerprint density at radius 1 is 1.56 bits per heavy atom. The lowest BCUT2D eigenvalue weighted by Gasteiger charge is -2.17. The zero-order valence-electron chi connectivity index (χ0n) is 10.6. The number of ketones is 1. The van der Waals surface area contributed by atoms with Gasteiger partial charge in [-0.2, -0.15) is 5.10 Å². The van der Waals surface area contributed by atoms with E-state index in [1.54, 1.807) is 4.68 Å². The number of hydrogen-bond donors (Lipinski definition) is 0. The highest BCUT2D eigenvalue weighted by Gasteiger charge is 2.44. The van der Waals surface area contributed by atoms with E-state index in [4.69, 9.17) is 4.74 Å². The van der Waals surface area contributed by atoms with Crippen molar-refractivity contribution in [2.45, 2.75) is 44.8 Å². The first kappa shape index (κ1) is 12.4. The van der Waals surface area contributed by atoms with E-state index in [-0.39, 0.29) is 12.0 Å². The van der Waals surface area contributed by atoms with Crippen molar-refractivity contribution in [3.05, 3.63) is 15.9 Å². The van der Waals surface area contributed by atoms with Crippen LogP contribution in [0.2, 0.25) is 0 Å². The van der Waals surface area contributed by atoms with Crippen LogP contribution in [0.25, 0.3) is 0 Å². The number of carbonyl (C=O) groups excluding carboxylic acids is 1. The lowest BCUT2D eigenvalue weighted by molar-refractivity contribution is -0.123. The molecule has 0 spiro atoms. The monoisotopic (exact) mass is 312 g/mol. The molecule has 4 nitrogen and oxygen atoms in total. The van der Waals surface area contributed by atoms with Crippen LogP contribution in [0.3, 0.4) is 0 Å². The van der Waals surface area contributed by atoms with Crippen LogP contribution in [0.5, 0.6) is 0 Å². The van der Waals surface area contributed by atoms with Crippen LogP contribution in [0, 0.1) is 12.8 Å². The zero-order chi connectivity index (χ0) is 12.9. The van der Waals surface area contributed by atoms with E-state index in [2.05, 4.69) is 21.0 Å². The van der Waals surface area contributed by atoms with Gasteiger partial charge in [-0.25, -0.2) is 0 Å². The van der Waals surface area contributed by atoms with Crippen LogP contribution in [0.15, 0.2) is 4.47 Å². The predicted octanol–water partition coefficient (Wildman–Crippen LogP) is 2.17. The van der Waals surface area contributed by atoms with Crippen LogP contribution in [0.1, 0.15) is 30.7 Å². The van der Waals surface area contributed by atoms with Crippen LogP contribution in [0.4, 0.5) is 0 Å². The lowest BCUT2D eigenvalue weighted by atomic mass is 9.85. The van der Waals surface area contributed by atoms with Gasteiger partial charge in [-0.3, -0.25) is 9.48 Å². The summed E-state index contributed by atoms with van der Waals surface area (Å²) in [7, 11) is 1.89. The Kier molecular flexibility index (Phi) is 3.06. The molecular weight excluding hydrogens is 296 g/mol. The number of rotatable bonds is 3. The minimum Gasteiger partial charge on any atom is -0.374 e. The molecule has 0 aliphatic carbocycles. The smallest absolute Gasteiger partial charge is 0.144 e. The summed E-state index contributed by atoms with van der Waals surface area (Å²) in [4.78, 5) is 12.4. The largest absolute Gasteiger partial charge is 0.374 e. The van der Waals surface area contributed by atoms with Gasteiger partial charge in [0, 0.05) is 19.4 Å². The SMILES string of the molecule is Cc1nn(C)c(CC(=O)C2CC3CCC2O3)c1Br. The first-order chi connectivity index (χ1) is 8.56. The van der Waals surface area contributed by atoms with Crippen LogP contribution in [-0.2, 0) is 23.0 Å². The molecule has 2 bridgehead atoms. The molecule has 2 fully saturated rings. The van der Waals surface area contributed by atoms with Gasteiger partial charge in [0.15, 0.2) is 0 Å². The van der Waals surface area contributed by atoms with Gasteiger partial charge in [0.25, 0.3) is 0 Å². The maximum absolute atomic E-state index is 12.4. The molecule has 0 saturated carbocycles. The van der Waals surface area contributed by atoms with Crippen molar-refractivity contribution >= 4 is 21.7 Å². The molecule has 3 heterocycles. The van der Waals surface area contributed by atoms with Crippen molar-refractivity contribution in [3.8, 4) is 0 Å². The minimum atomic E-state index is 0.103. The van der Waals surface area contributed by atoms with Crippen molar-refractivity contribution in [2.24, 2.45) is 13.0 Å². The Labute approximate surface area is 115 Å². The first-order valence-corrected chi connectivity index (χ1v) is 7.21. The second kappa shape index (κ2) is 4.46. The second-order valence-corrected chi connectivity index (χ2v) is 6.12. The molecule has 0 aromatic carbocycles. The number of fused-ring (bicyclic) bond motifs is 2. The van der Waals surface area contributed by atoms with Gasteiger partial charge in [-0.15, -0.1) is 0 Å². The summed E-state index contributed by atoms with van der Waals surface area (Å²) in [6.07, 6.45) is 4.05. The molecule has 18 heavy (non-hydrogen) atoms. The topological polar surface area (TPSA) is 44.1 Å². The summed E-state index contributed by atoms with van der Waals surface area (Å²) >= 11 is 3.51. The Morgan fingerprint density at radius 2 is 2.33 bits per heavy atom. The van der Waals surface area contributed by atoms with Gasteiger partial charge in [-0.05, 0) is 42.1 Å². The number of aryl methyl sites for hydroxylation is 2. The van der Waals surface area contributed by atoms with Crippen molar-refractivity contribution in [1.29, 1.82) is 0 Å². The van der Waals surface area contributed by atoms with Crippen molar-refractivity contribution in [1.82, 2.24) is 9.78 Å². The van der Waals surface area contributed by atoms with E-state index < -0.39 is 0 Å². The number of nitrogens with zero attached hydrogens (tertiary/aromatic N) is 2. The van der Waals surface area contributed by atoms with Crippen molar-refractivity contribution in [3.63, 3.8) is 0 Å². The van der Waals surface area contributed by atoms with E-state index in [0.717, 1.165) is 35.1 Å². The van der Waals surface area contributed by atoms with Gasteiger partial charge in [0.2, 0.25) is 0 Å². The van der Waals surface area contributed by atoms with Crippen LogP contribution in [-0.4, -0.2) is 27.8 Å². The molecule has 3 unspecified atom stereocenters. The molecule has 98 valence electrons. The van der Waals surface area contributed by atoms with Crippen molar-refractivity contribution < 1.29 is 9.53 Å². The van der Waals surface area contributed by atoms with E-state index in [1.807, 2.05) is 14.0 Å². The zero-order valence-corrected chi connectivity index (χ0v) is 12.2. The fourth-order valence-corrected chi connectivity index (χ4v) is 3.62. The predicted molar refractivity (Wildman–Crippen MR) is 70.4 cm³/mol. The second-order valence-electron chi connectivity index (χ2n) is 5.33. The van der Waals surface area contributed by atoms with Crippen molar-refractivity contribution in [2.75, 3.05) is 0 Å². The van der Waals surface area contributed by atoms with Gasteiger partial charge >= 0.3 is 0 Å². The average molecular weight is 313 g/mol. The van der Waals surface area contributed by atoms with E-state index in [1.165, 1.54) is 0 Å². The number of hydrogen-bond acceptors (Lipinski definition) is 3. The maximum Gasteiger partial charge on any atom is 0.144 e. The van der Waals surface area contributed by atoms with Gasteiger partial charge in [-0.1, -0.05) is 0 Å². The average Bonchev–Trinajstić information content (AvgIpc) is 3.00. The molecule has 2 saturated heterocycles. The molecule has 3 atom stereocenters. The fourth-order valence-electron chi connectivity index (χ4n) is 3.14. The van der Waals surface area contributed by atoms with Gasteiger partial charge in [0.05, 0.1) is 28.1 Å². The van der Waals surface area contributed by atoms with Gasteiger partial charge < -0.3 is 4.74 Å². The molecule has 0 radical (unpaired) electrons. The highest BCUT2D eigenvalue weighted by atomic mass is 79.9. The highest BCUT2D eigenvalue weighted by molar-refractivity contribution is 9.10. The van der Waals surface area contributed by atoms with Gasteiger partial charge in [0.1, 0.15) is 5.78 Å². The number of Topliss-reactive ketones (excluding diaryl/α,β-unsaturated/α-hetero) is 1. The standard InChI is InChI=1S/C13H17BrN2O2/c1-7-13(14)10(16(2)15-7)6-11(17)9-5-8-3-4-12(9)18-8/h8-9,12H,3-6H2,1-2H3. The number of carbonyl (C=O) groups is 1. The Morgan fingerprint density at radius 3 is 2.83 bits per heavy atom. The normalized spacial score (nSPS) is 30.1. The maximum atomic E-state index is 12.4. The summed E-state index contributed by atoms with van der Waals surface area (Å²) in [5.41, 5.74) is 1.91. The highest BCUT2D eigenvalue weighted by Crippen LogP contribution is 2.39. The first-order valence-electron chi connectivity index (χ1n) is 6.42. The molecular formula is C13H17BrN2O2. The van der Waals surface area contributed by atoms with E-state index in [9.17, 15) is 4.79 Å². The summed E-state index contributed by atoms with van der Waals surface area (Å²) in [6, 6.07) is 0. The fraction of sp³-hybridized carbons (Fsp3) is 0.692. The molecule has 2 aliphatic heterocycles. The minimum absolute atomic E-state index is 0.103. The van der Waals surface area contributed by atoms with E-state index in [0.29, 0.717) is 18.3 Å². The molecule has 1 aromatic heterocycles. The lowest BCUT2D eigenvalue weighted by Crippen LogP contribution is -2.27. The number of halogens is 1. The molecule has 5 heteroatoms. The third-order valence-corrected chi connectivity index (χ3v) is 5.15. The molecule has 3 rings (SSSR count). The molecule has 0 N–H and O–H groups in total. The summed E-state index contributed by atoms with van der Waals surface area (Å²) < 4.78 is 8.51. The molecule has 0 amide bonds. The summed E-state index contributed by atoms with van der Waals surface area (Å²) in [5, 5.41) is 4.32. The van der Waals surface area contributed by atoms with Crippen LogP contribution < -0.4 is 0 Å².